The molecule has 0 amide bonds. The van der Waals surface area contributed by atoms with Crippen LogP contribution in [0.15, 0.2) is 6.20 Å². The summed E-state index contributed by atoms with van der Waals surface area (Å²) in [7, 11) is 1.72. The average Bonchev–Trinajstić information content (AvgIpc) is 2.72. The first-order valence-electron chi connectivity index (χ1n) is 5.43. The molecule has 1 N–H and O–H groups in total. The lowest BCUT2D eigenvalue weighted by Crippen LogP contribution is -2.08. The molecule has 0 aromatic carbocycles. The molecule has 15 heavy (non-hydrogen) atoms. The summed E-state index contributed by atoms with van der Waals surface area (Å²) in [5, 5.41) is 3.26. The van der Waals surface area contributed by atoms with Crippen LogP contribution in [0.3, 0.4) is 0 Å². The minimum atomic E-state index is 0.0425. The number of aromatic nitrogens is 2. The molecule has 0 spiro atoms. The van der Waals surface area contributed by atoms with Crippen LogP contribution < -0.4 is 5.32 Å². The summed E-state index contributed by atoms with van der Waals surface area (Å²) < 4.78 is 5.39. The van der Waals surface area contributed by atoms with E-state index in [1.807, 2.05) is 6.20 Å². The average molecular weight is 207 g/mol. The first kappa shape index (κ1) is 10.5. The molecule has 0 saturated heterocycles. The highest BCUT2D eigenvalue weighted by molar-refractivity contribution is 5.21. The van der Waals surface area contributed by atoms with Gasteiger partial charge in [0.1, 0.15) is 6.10 Å². The van der Waals surface area contributed by atoms with Gasteiger partial charge in [-0.25, -0.2) is 9.97 Å². The molecule has 0 aliphatic carbocycles. The molecule has 0 radical (unpaired) electrons. The second-order valence-electron chi connectivity index (χ2n) is 3.82. The van der Waals surface area contributed by atoms with Crippen LogP contribution in [0.1, 0.15) is 43.0 Å². The van der Waals surface area contributed by atoms with E-state index in [-0.39, 0.29) is 6.10 Å². The Hall–Kier alpha value is -1.00. The van der Waals surface area contributed by atoms with Gasteiger partial charge in [-0.15, -0.1) is 0 Å². The van der Waals surface area contributed by atoms with Crippen molar-refractivity contribution in [3.05, 3.63) is 23.3 Å². The topological polar surface area (TPSA) is 47.0 Å². The summed E-state index contributed by atoms with van der Waals surface area (Å²) in [6.07, 6.45) is 4.01. The van der Waals surface area contributed by atoms with Gasteiger partial charge in [-0.2, -0.15) is 0 Å². The Kier molecular flexibility index (Phi) is 3.28. The maximum Gasteiger partial charge on any atom is 0.157 e. The van der Waals surface area contributed by atoms with Gasteiger partial charge in [-0.1, -0.05) is 13.3 Å². The Labute approximate surface area is 90.1 Å². The number of fused-ring (bicyclic) bond motifs is 1. The van der Waals surface area contributed by atoms with E-state index in [1.54, 1.807) is 7.11 Å². The molecule has 0 bridgehead atoms. The summed E-state index contributed by atoms with van der Waals surface area (Å²) in [4.78, 5) is 8.91. The quantitative estimate of drug-likeness (QED) is 0.814. The normalized spacial score (nSPS) is 16.4. The van der Waals surface area contributed by atoms with Crippen LogP contribution in [0.2, 0.25) is 0 Å². The van der Waals surface area contributed by atoms with Gasteiger partial charge >= 0.3 is 0 Å². The molecule has 1 unspecified atom stereocenters. The van der Waals surface area contributed by atoms with Crippen molar-refractivity contribution in [3.63, 3.8) is 0 Å². The third-order valence-electron chi connectivity index (χ3n) is 2.70. The zero-order valence-electron chi connectivity index (χ0n) is 9.29. The number of hydrogen-bond acceptors (Lipinski definition) is 4. The lowest BCUT2D eigenvalue weighted by atomic mass is 10.2. The van der Waals surface area contributed by atoms with Gasteiger partial charge in [0.2, 0.25) is 0 Å². The molecule has 1 aliphatic heterocycles. The van der Waals surface area contributed by atoms with E-state index >= 15 is 0 Å². The fourth-order valence-electron chi connectivity index (χ4n) is 1.84. The van der Waals surface area contributed by atoms with Gasteiger partial charge in [-0.3, -0.25) is 0 Å². The number of rotatable bonds is 4. The lowest BCUT2D eigenvalue weighted by Gasteiger charge is -2.13. The third kappa shape index (κ3) is 2.16. The first-order chi connectivity index (χ1) is 7.35. The van der Waals surface area contributed by atoms with Crippen molar-refractivity contribution in [3.8, 4) is 0 Å². The second kappa shape index (κ2) is 4.68. The van der Waals surface area contributed by atoms with Crippen molar-refractivity contribution < 1.29 is 4.74 Å². The van der Waals surface area contributed by atoms with Gasteiger partial charge in [-0.05, 0) is 6.42 Å². The largest absolute Gasteiger partial charge is 0.373 e. The van der Waals surface area contributed by atoms with E-state index < -0.39 is 0 Å². The smallest absolute Gasteiger partial charge is 0.157 e. The molecule has 1 aromatic heterocycles. The highest BCUT2D eigenvalue weighted by Gasteiger charge is 2.17. The van der Waals surface area contributed by atoms with Gasteiger partial charge in [0, 0.05) is 32.0 Å². The number of hydrogen-bond donors (Lipinski definition) is 1. The van der Waals surface area contributed by atoms with Gasteiger partial charge < -0.3 is 10.1 Å². The molecule has 4 heteroatoms. The Balaban J connectivity index is 2.20. The first-order valence-corrected chi connectivity index (χ1v) is 5.43. The summed E-state index contributed by atoms with van der Waals surface area (Å²) in [6, 6.07) is 0. The van der Waals surface area contributed by atoms with Crippen molar-refractivity contribution >= 4 is 0 Å². The summed E-state index contributed by atoms with van der Waals surface area (Å²) >= 11 is 0. The van der Waals surface area contributed by atoms with E-state index in [0.29, 0.717) is 0 Å². The van der Waals surface area contributed by atoms with Crippen molar-refractivity contribution in [1.82, 2.24) is 15.3 Å². The Bertz CT molecular complexity index is 341. The number of methoxy groups -OCH3 is 1. The van der Waals surface area contributed by atoms with Crippen LogP contribution in [0.5, 0.6) is 0 Å². The maximum absolute atomic E-state index is 5.39. The molecular weight excluding hydrogens is 190 g/mol. The molecule has 82 valence electrons. The number of nitrogens with one attached hydrogen (secondary N) is 1. The predicted molar refractivity (Wildman–Crippen MR) is 57.2 cm³/mol. The van der Waals surface area contributed by atoms with Crippen molar-refractivity contribution in [2.75, 3.05) is 7.11 Å². The molecule has 2 rings (SSSR count). The van der Waals surface area contributed by atoms with E-state index in [9.17, 15) is 0 Å². The molecule has 1 aromatic rings. The van der Waals surface area contributed by atoms with Crippen molar-refractivity contribution in [2.45, 2.75) is 39.0 Å². The lowest BCUT2D eigenvalue weighted by molar-refractivity contribution is 0.0874. The van der Waals surface area contributed by atoms with Crippen LogP contribution in [0.4, 0.5) is 0 Å². The highest BCUT2D eigenvalue weighted by Crippen LogP contribution is 2.20. The second-order valence-corrected chi connectivity index (χ2v) is 3.82. The summed E-state index contributed by atoms with van der Waals surface area (Å²) in [5.41, 5.74) is 2.34. The molecule has 2 heterocycles. The molecule has 4 nitrogen and oxygen atoms in total. The maximum atomic E-state index is 5.39. The minimum Gasteiger partial charge on any atom is -0.373 e. The fraction of sp³-hybridized carbons (Fsp3) is 0.636. The van der Waals surface area contributed by atoms with E-state index in [1.165, 1.54) is 5.56 Å². The summed E-state index contributed by atoms with van der Waals surface area (Å²) in [6.45, 7) is 3.88. The number of nitrogens with zero attached hydrogens (tertiary/aromatic N) is 2. The summed E-state index contributed by atoms with van der Waals surface area (Å²) in [5.74, 6) is 0.821. The third-order valence-corrected chi connectivity index (χ3v) is 2.70. The monoisotopic (exact) mass is 207 g/mol. The fourth-order valence-corrected chi connectivity index (χ4v) is 1.84. The minimum absolute atomic E-state index is 0.0425. The van der Waals surface area contributed by atoms with Gasteiger partial charge in [0.05, 0.1) is 5.69 Å². The molecule has 0 saturated carbocycles. The SMILES string of the molecule is CCCC(OC)c1ncc2c(n1)CNC2. The molecule has 0 fully saturated rings. The zero-order chi connectivity index (χ0) is 10.7. The molecule has 1 atom stereocenters. The van der Waals surface area contributed by atoms with E-state index in [0.717, 1.165) is 37.4 Å². The Morgan fingerprint density at radius 1 is 1.53 bits per heavy atom. The van der Waals surface area contributed by atoms with E-state index in [4.69, 9.17) is 4.74 Å². The van der Waals surface area contributed by atoms with Crippen LogP contribution in [-0.2, 0) is 17.8 Å². The number of ether oxygens (including phenoxy) is 1. The Morgan fingerprint density at radius 2 is 2.40 bits per heavy atom. The highest BCUT2D eigenvalue weighted by atomic mass is 16.5. The molecule has 1 aliphatic rings. The van der Waals surface area contributed by atoms with Gasteiger partial charge in [0.15, 0.2) is 5.82 Å². The Morgan fingerprint density at radius 3 is 3.13 bits per heavy atom. The zero-order valence-corrected chi connectivity index (χ0v) is 9.29. The van der Waals surface area contributed by atoms with Crippen LogP contribution >= 0.6 is 0 Å². The van der Waals surface area contributed by atoms with E-state index in [2.05, 4.69) is 22.2 Å². The standard InChI is InChI=1S/C11H17N3O/c1-3-4-10(15-2)11-13-6-8-5-12-7-9(8)14-11/h6,10,12H,3-5,7H2,1-2H3. The van der Waals surface area contributed by atoms with Crippen molar-refractivity contribution in [1.29, 1.82) is 0 Å². The van der Waals surface area contributed by atoms with Gasteiger partial charge in [0.25, 0.3) is 0 Å². The van der Waals surface area contributed by atoms with Crippen LogP contribution in [-0.4, -0.2) is 17.1 Å². The van der Waals surface area contributed by atoms with Crippen LogP contribution in [0.25, 0.3) is 0 Å². The predicted octanol–water partition coefficient (Wildman–Crippen LogP) is 1.57. The van der Waals surface area contributed by atoms with Crippen molar-refractivity contribution in [2.24, 2.45) is 0 Å². The van der Waals surface area contributed by atoms with Crippen LogP contribution in [0, 0.1) is 0 Å². The molecular formula is C11H17N3O.